The maximum Gasteiger partial charge on any atom is 0.332 e. The molecule has 0 spiro atoms. The number of hydrogen-bond donors (Lipinski definition) is 1. The molecule has 0 amide bonds. The molecule has 0 saturated carbocycles. The number of nitrogens with zero attached hydrogens (tertiary/aromatic N) is 6. The standard InChI is InChI=1S/C22H26ClN3O4.C15H21N3O3.C7H5ClO/c1-5-6-11-26-21(28)18-17(19(27)14-7-9-15(23)10-8-14)16(30-13(2)3)12-24-20(18)25(4)22(26)29;1-5-6-7-18-14(19)12-8-11(21-10(2)3)9-16-13(12)17(4)15(18)20;8-7-3-1-6(5-9)2-4-7/h7-10,12-13,19,27H,5-6,11H2,1-4H3;8-10H,5-7H2,1-4H3;1-5H. The van der Waals surface area contributed by atoms with Crippen LogP contribution in [0.15, 0.2) is 86.2 Å². The lowest BCUT2D eigenvalue weighted by atomic mass is 9.98. The molecule has 6 rings (SSSR count). The molecule has 0 aliphatic heterocycles. The predicted octanol–water partition coefficient (Wildman–Crippen LogP) is 7.25. The molecule has 0 fully saturated rings. The molecule has 1 N–H and O–H groups in total. The van der Waals surface area contributed by atoms with Gasteiger partial charge < -0.3 is 14.6 Å². The Labute approximate surface area is 357 Å². The molecular formula is C44H52Cl2N6O8. The summed E-state index contributed by atoms with van der Waals surface area (Å²) in [4.78, 5) is 69.4. The first-order valence-electron chi connectivity index (χ1n) is 19.7. The number of aliphatic hydroxyl groups is 1. The lowest BCUT2D eigenvalue weighted by Crippen LogP contribution is -2.40. The van der Waals surface area contributed by atoms with Crippen molar-refractivity contribution in [2.75, 3.05) is 0 Å². The number of benzene rings is 2. The van der Waals surface area contributed by atoms with Gasteiger partial charge in [-0.25, -0.2) is 19.6 Å². The molecular weight excluding hydrogens is 811 g/mol. The summed E-state index contributed by atoms with van der Waals surface area (Å²) in [5.74, 6) is 0.841. The van der Waals surface area contributed by atoms with Crippen LogP contribution < -0.4 is 32.0 Å². The van der Waals surface area contributed by atoms with E-state index >= 15 is 0 Å². The second kappa shape index (κ2) is 21.6. The van der Waals surface area contributed by atoms with Crippen LogP contribution >= 0.6 is 23.2 Å². The highest BCUT2D eigenvalue weighted by Crippen LogP contribution is 2.34. The van der Waals surface area contributed by atoms with Gasteiger partial charge in [0.05, 0.1) is 35.4 Å². The van der Waals surface area contributed by atoms with Crippen LogP contribution in [0.1, 0.15) is 94.8 Å². The lowest BCUT2D eigenvalue weighted by molar-refractivity contribution is 0.112. The summed E-state index contributed by atoms with van der Waals surface area (Å²) in [5.41, 5.74) is 0.541. The molecule has 0 aliphatic rings. The van der Waals surface area contributed by atoms with Gasteiger partial charge in [0.2, 0.25) is 0 Å². The monoisotopic (exact) mass is 862 g/mol. The number of carbonyl (C=O) groups is 1. The van der Waals surface area contributed by atoms with Crippen LogP contribution in [0.25, 0.3) is 22.1 Å². The Balaban J connectivity index is 0.000000228. The van der Waals surface area contributed by atoms with Crippen molar-refractivity contribution in [3.8, 4) is 11.5 Å². The fourth-order valence-electron chi connectivity index (χ4n) is 6.16. The molecule has 1 atom stereocenters. The highest BCUT2D eigenvalue weighted by atomic mass is 35.5. The van der Waals surface area contributed by atoms with Gasteiger partial charge in [0.15, 0.2) is 0 Å². The van der Waals surface area contributed by atoms with Gasteiger partial charge in [-0.3, -0.25) is 32.7 Å². The molecule has 320 valence electrons. The number of unbranched alkanes of at least 4 members (excludes halogenated alkanes) is 2. The number of aryl methyl sites for hydroxylation is 2. The van der Waals surface area contributed by atoms with Gasteiger partial charge in [-0.05, 0) is 76.4 Å². The molecule has 4 aromatic heterocycles. The molecule has 16 heteroatoms. The summed E-state index contributed by atoms with van der Waals surface area (Å²) in [6.45, 7) is 12.2. The second-order valence-corrected chi connectivity index (χ2v) is 15.4. The van der Waals surface area contributed by atoms with Gasteiger partial charge in [-0.15, -0.1) is 0 Å². The lowest BCUT2D eigenvalue weighted by Gasteiger charge is -2.21. The van der Waals surface area contributed by atoms with E-state index in [2.05, 4.69) is 9.97 Å². The van der Waals surface area contributed by atoms with Gasteiger partial charge in [0, 0.05) is 48.4 Å². The molecule has 0 radical (unpaired) electrons. The minimum Gasteiger partial charge on any atom is -0.489 e. The number of aromatic nitrogens is 6. The number of fused-ring (bicyclic) bond motifs is 2. The van der Waals surface area contributed by atoms with E-state index in [1.165, 1.54) is 30.7 Å². The Bertz CT molecular complexity index is 2650. The molecule has 4 heterocycles. The van der Waals surface area contributed by atoms with Crippen molar-refractivity contribution in [1.29, 1.82) is 0 Å². The number of rotatable bonds is 13. The van der Waals surface area contributed by atoms with Crippen LogP contribution in [-0.4, -0.2) is 51.8 Å². The van der Waals surface area contributed by atoms with Gasteiger partial charge in [-0.1, -0.05) is 74.2 Å². The van der Waals surface area contributed by atoms with E-state index < -0.39 is 17.4 Å². The quantitative estimate of drug-likeness (QED) is 0.117. The minimum atomic E-state index is -1.16. The summed E-state index contributed by atoms with van der Waals surface area (Å²) in [6.07, 6.45) is 5.65. The van der Waals surface area contributed by atoms with Crippen LogP contribution in [-0.2, 0) is 27.2 Å². The van der Waals surface area contributed by atoms with Crippen LogP contribution in [0.4, 0.5) is 0 Å². The molecule has 60 heavy (non-hydrogen) atoms. The Morgan fingerprint density at radius 1 is 0.717 bits per heavy atom. The molecule has 0 aliphatic carbocycles. The first-order chi connectivity index (χ1) is 28.5. The number of carbonyl (C=O) groups excluding carboxylic acids is 1. The molecule has 2 aromatic carbocycles. The van der Waals surface area contributed by atoms with E-state index in [4.69, 9.17) is 32.7 Å². The first kappa shape index (κ1) is 47.1. The van der Waals surface area contributed by atoms with E-state index in [0.29, 0.717) is 68.8 Å². The van der Waals surface area contributed by atoms with Gasteiger partial charge in [0.25, 0.3) is 11.1 Å². The molecule has 1 unspecified atom stereocenters. The van der Waals surface area contributed by atoms with Gasteiger partial charge >= 0.3 is 11.4 Å². The number of aldehydes is 1. The van der Waals surface area contributed by atoms with Crippen LogP contribution in [0.5, 0.6) is 11.5 Å². The van der Waals surface area contributed by atoms with Gasteiger partial charge in [0.1, 0.15) is 35.2 Å². The van der Waals surface area contributed by atoms with Gasteiger partial charge in [-0.2, -0.15) is 0 Å². The summed E-state index contributed by atoms with van der Waals surface area (Å²) < 4.78 is 16.7. The maximum atomic E-state index is 13.4. The van der Waals surface area contributed by atoms with Crippen molar-refractivity contribution in [1.82, 2.24) is 28.2 Å². The zero-order valence-corrected chi connectivity index (χ0v) is 36.7. The van der Waals surface area contributed by atoms with Crippen molar-refractivity contribution < 1.29 is 19.4 Å². The third kappa shape index (κ3) is 11.4. The number of pyridine rings is 2. The molecule has 14 nitrogen and oxygen atoms in total. The predicted molar refractivity (Wildman–Crippen MR) is 236 cm³/mol. The first-order valence-corrected chi connectivity index (χ1v) is 20.5. The zero-order chi connectivity index (χ0) is 44.3. The number of hydrogen-bond acceptors (Lipinski definition) is 10. The van der Waals surface area contributed by atoms with E-state index in [1.807, 2.05) is 41.5 Å². The molecule has 0 saturated heterocycles. The third-order valence-electron chi connectivity index (χ3n) is 9.18. The Kier molecular flexibility index (Phi) is 17.0. The van der Waals surface area contributed by atoms with Crippen molar-refractivity contribution in [3.63, 3.8) is 0 Å². The van der Waals surface area contributed by atoms with Crippen molar-refractivity contribution in [2.24, 2.45) is 14.1 Å². The Morgan fingerprint density at radius 2 is 1.22 bits per heavy atom. The van der Waals surface area contributed by atoms with E-state index in [0.717, 1.165) is 25.5 Å². The van der Waals surface area contributed by atoms with E-state index in [-0.39, 0.29) is 34.5 Å². The second-order valence-electron chi connectivity index (χ2n) is 14.5. The average molecular weight is 864 g/mol. The number of halogens is 2. The SMILES string of the molecule is CCCCn1c(=O)c2c(C(O)c3ccc(Cl)cc3)c(OC(C)C)cnc2n(C)c1=O.CCCCn1c(=O)c2cc(OC(C)C)cnc2n(C)c1=O.O=Cc1ccc(Cl)cc1. The zero-order valence-electron chi connectivity index (χ0n) is 35.1. The Hall–Kier alpha value is -5.57. The summed E-state index contributed by atoms with van der Waals surface area (Å²) in [7, 11) is 3.20. The summed E-state index contributed by atoms with van der Waals surface area (Å²) in [5, 5.41) is 13.0. The number of ether oxygens (including phenoxy) is 2. The Morgan fingerprint density at radius 3 is 1.73 bits per heavy atom. The smallest absolute Gasteiger partial charge is 0.332 e. The fourth-order valence-corrected chi connectivity index (χ4v) is 6.41. The topological polar surface area (TPSA) is 170 Å². The minimum absolute atomic E-state index is 0.000835. The third-order valence-corrected chi connectivity index (χ3v) is 9.68. The van der Waals surface area contributed by atoms with E-state index in [9.17, 15) is 29.1 Å². The fraction of sp³-hybridized carbons (Fsp3) is 0.386. The normalized spacial score (nSPS) is 11.6. The number of aliphatic hydroxyl groups excluding tert-OH is 1. The molecule has 0 bridgehead atoms. The largest absolute Gasteiger partial charge is 0.489 e. The maximum absolute atomic E-state index is 13.4. The van der Waals surface area contributed by atoms with Crippen molar-refractivity contribution in [3.05, 3.63) is 135 Å². The highest BCUT2D eigenvalue weighted by Gasteiger charge is 2.26. The van der Waals surface area contributed by atoms with Crippen molar-refractivity contribution >= 4 is 51.6 Å². The van der Waals surface area contributed by atoms with Crippen LogP contribution in [0.3, 0.4) is 0 Å². The highest BCUT2D eigenvalue weighted by molar-refractivity contribution is 6.30. The van der Waals surface area contributed by atoms with Crippen molar-refractivity contribution in [2.45, 2.75) is 98.6 Å². The molecule has 6 aromatic rings. The average Bonchev–Trinajstić information content (AvgIpc) is 3.22. The summed E-state index contributed by atoms with van der Waals surface area (Å²) in [6, 6.07) is 15.1. The van der Waals surface area contributed by atoms with Crippen LogP contribution in [0.2, 0.25) is 10.0 Å². The van der Waals surface area contributed by atoms with E-state index in [1.54, 1.807) is 68.7 Å². The summed E-state index contributed by atoms with van der Waals surface area (Å²) >= 11 is 11.5. The van der Waals surface area contributed by atoms with Crippen LogP contribution in [0, 0.1) is 0 Å².